The lowest BCUT2D eigenvalue weighted by Gasteiger charge is -2.19. The largest absolute Gasteiger partial charge is 0.262 e. The van der Waals surface area contributed by atoms with Crippen LogP contribution >= 0.6 is 0 Å². The van der Waals surface area contributed by atoms with Gasteiger partial charge < -0.3 is 0 Å². The summed E-state index contributed by atoms with van der Waals surface area (Å²) in [5.74, 6) is 0. The third-order valence-electron chi connectivity index (χ3n) is 10.0. The van der Waals surface area contributed by atoms with Crippen molar-refractivity contribution in [1.82, 2.24) is 4.98 Å². The highest BCUT2D eigenvalue weighted by atomic mass is 14.8. The van der Waals surface area contributed by atoms with Gasteiger partial charge in [-0.05, 0) is 97.5 Å². The number of nitrogens with zero attached hydrogens (tertiary/aromatic N) is 2. The molecule has 0 saturated heterocycles. The smallest absolute Gasteiger partial charge is 0.0971 e. The molecule has 1 aromatic heterocycles. The first-order valence-electron chi connectivity index (χ1n) is 17.4. The minimum atomic E-state index is 0.810. The molecule has 2 heteroatoms. The highest BCUT2D eigenvalue weighted by Crippen LogP contribution is 2.45. The summed E-state index contributed by atoms with van der Waals surface area (Å²) in [4.78, 5) is 9.42. The van der Waals surface area contributed by atoms with Crippen LogP contribution in [0.1, 0.15) is 12.5 Å². The van der Waals surface area contributed by atoms with Crippen molar-refractivity contribution < 1.29 is 0 Å². The number of aliphatic imine (C=N–C) groups is 1. The maximum Gasteiger partial charge on any atom is 0.0971 e. The highest BCUT2D eigenvalue weighted by molar-refractivity contribution is 6.22. The monoisotopic (exact) mass is 650 g/mol. The van der Waals surface area contributed by atoms with Gasteiger partial charge in [0.1, 0.15) is 0 Å². The fourth-order valence-electron chi connectivity index (χ4n) is 7.59. The van der Waals surface area contributed by atoms with Crippen LogP contribution in [0, 0.1) is 0 Å². The van der Waals surface area contributed by atoms with E-state index in [-0.39, 0.29) is 0 Å². The fraction of sp³-hybridized carbons (Fsp3) is 0.0204. The first-order chi connectivity index (χ1) is 25.2. The molecule has 0 fully saturated rings. The molecule has 9 rings (SSSR count). The summed E-state index contributed by atoms with van der Waals surface area (Å²) in [7, 11) is 0. The van der Waals surface area contributed by atoms with Crippen LogP contribution in [-0.4, -0.2) is 11.7 Å². The molecule has 9 aromatic rings. The molecule has 2 nitrogen and oxygen atoms in total. The van der Waals surface area contributed by atoms with Crippen molar-refractivity contribution in [3.63, 3.8) is 0 Å². The molecule has 0 saturated carbocycles. The van der Waals surface area contributed by atoms with Crippen LogP contribution in [0.5, 0.6) is 0 Å². The van der Waals surface area contributed by atoms with E-state index in [1.54, 1.807) is 0 Å². The lowest BCUT2D eigenvalue weighted by molar-refractivity contribution is 1.38. The van der Waals surface area contributed by atoms with E-state index >= 15 is 0 Å². The van der Waals surface area contributed by atoms with Crippen LogP contribution in [0.2, 0.25) is 0 Å². The van der Waals surface area contributed by atoms with E-state index in [9.17, 15) is 0 Å². The Hall–Kier alpha value is -6.64. The van der Waals surface area contributed by atoms with Gasteiger partial charge in [-0.2, -0.15) is 0 Å². The van der Waals surface area contributed by atoms with Crippen molar-refractivity contribution in [2.45, 2.75) is 6.92 Å². The molecule has 240 valence electrons. The van der Waals surface area contributed by atoms with E-state index in [0.29, 0.717) is 0 Å². The Balaban J connectivity index is 1.21. The summed E-state index contributed by atoms with van der Waals surface area (Å²) in [6.07, 6.45) is 4.06. The van der Waals surface area contributed by atoms with Gasteiger partial charge >= 0.3 is 0 Å². The van der Waals surface area contributed by atoms with E-state index in [2.05, 4.69) is 176 Å². The molecule has 0 spiro atoms. The summed E-state index contributed by atoms with van der Waals surface area (Å²) in [6.45, 7) is 5.85. The van der Waals surface area contributed by atoms with E-state index < -0.39 is 0 Å². The molecule has 0 amide bonds. The molecule has 0 aliphatic rings. The van der Waals surface area contributed by atoms with E-state index in [4.69, 9.17) is 4.98 Å². The lowest BCUT2D eigenvalue weighted by Crippen LogP contribution is -1.92. The zero-order chi connectivity index (χ0) is 34.3. The fourth-order valence-corrected chi connectivity index (χ4v) is 7.59. The number of benzene rings is 8. The van der Waals surface area contributed by atoms with Gasteiger partial charge in [-0.25, -0.2) is 4.98 Å². The van der Waals surface area contributed by atoms with Crippen LogP contribution in [0.15, 0.2) is 175 Å². The molecule has 51 heavy (non-hydrogen) atoms. The molecule has 0 bridgehead atoms. The molecule has 0 unspecified atom stereocenters. The zero-order valence-electron chi connectivity index (χ0n) is 28.3. The van der Waals surface area contributed by atoms with Gasteiger partial charge in [0.25, 0.3) is 0 Å². The molecule has 0 radical (unpaired) electrons. The van der Waals surface area contributed by atoms with Crippen LogP contribution in [0.4, 0.5) is 5.69 Å². The molecule has 0 aliphatic heterocycles. The maximum absolute atomic E-state index is 5.07. The Labute approximate surface area is 297 Å². The van der Waals surface area contributed by atoms with Gasteiger partial charge in [-0.15, -0.1) is 0 Å². The van der Waals surface area contributed by atoms with Crippen molar-refractivity contribution in [3.8, 4) is 44.6 Å². The average molecular weight is 651 g/mol. The number of hydrogen-bond donors (Lipinski definition) is 0. The average Bonchev–Trinajstić information content (AvgIpc) is 3.19. The summed E-state index contributed by atoms with van der Waals surface area (Å²) in [5.41, 5.74) is 11.9. The summed E-state index contributed by atoms with van der Waals surface area (Å²) >= 11 is 0. The second-order valence-corrected chi connectivity index (χ2v) is 13.0. The normalized spacial score (nSPS) is 11.6. The third-order valence-corrected chi connectivity index (χ3v) is 10.0. The number of hydrogen-bond acceptors (Lipinski definition) is 2. The molecule has 0 N–H and O–H groups in total. The number of allylic oxidation sites excluding steroid dienone is 1. The topological polar surface area (TPSA) is 25.2 Å². The Morgan fingerprint density at radius 3 is 1.84 bits per heavy atom. The van der Waals surface area contributed by atoms with Gasteiger partial charge in [0, 0.05) is 16.5 Å². The van der Waals surface area contributed by atoms with Crippen LogP contribution in [-0.2, 0) is 0 Å². The predicted molar refractivity (Wildman–Crippen MR) is 220 cm³/mol. The van der Waals surface area contributed by atoms with Gasteiger partial charge in [-0.1, -0.05) is 158 Å². The quantitative estimate of drug-likeness (QED) is 0.130. The number of rotatable bonds is 6. The van der Waals surface area contributed by atoms with E-state index in [1.807, 2.05) is 19.1 Å². The maximum atomic E-state index is 5.07. The number of pyridine rings is 1. The van der Waals surface area contributed by atoms with Crippen LogP contribution in [0.25, 0.3) is 93.9 Å². The minimum Gasteiger partial charge on any atom is -0.262 e. The number of aromatic nitrogens is 1. The molecule has 0 aliphatic carbocycles. The second-order valence-electron chi connectivity index (χ2n) is 13.0. The lowest BCUT2D eigenvalue weighted by atomic mass is 9.84. The standard InChI is InChI=1S/C49H34N2/c1-3-11-36-23-24-37-27-29-45(51-49(37)48(36)50-2)34-21-18-33(19-22-34)39-26-28-43-44(31-39)46(35-13-5-4-6-14-35)41-16-9-10-17-42(41)47(43)40-25-20-32-12-7-8-15-38(32)30-40/h3-31H,2H2,1H3/b11-3-. The van der Waals surface area contributed by atoms with E-state index in [0.717, 1.165) is 39.0 Å². The molecule has 1 heterocycles. The first-order valence-corrected chi connectivity index (χ1v) is 17.4. The van der Waals surface area contributed by atoms with Crippen LogP contribution in [0.3, 0.4) is 0 Å². The van der Waals surface area contributed by atoms with Crippen molar-refractivity contribution in [3.05, 3.63) is 175 Å². The van der Waals surface area contributed by atoms with Gasteiger partial charge in [0.05, 0.1) is 16.9 Å². The van der Waals surface area contributed by atoms with Crippen molar-refractivity contribution >= 4 is 61.7 Å². The number of fused-ring (bicyclic) bond motifs is 4. The third kappa shape index (κ3) is 5.29. The zero-order valence-corrected chi connectivity index (χ0v) is 28.3. The SMILES string of the molecule is C=Nc1c(/C=C\C)ccc2ccc(-c3ccc(-c4ccc5c(-c6ccc7ccccc7c6)c6ccccc6c(-c6ccccc6)c5c4)cc3)nc12. The predicted octanol–water partition coefficient (Wildman–Crippen LogP) is 13.7. The van der Waals surface area contributed by atoms with Crippen LogP contribution < -0.4 is 0 Å². The molecule has 8 aromatic carbocycles. The summed E-state index contributed by atoms with van der Waals surface area (Å²) < 4.78 is 0. The van der Waals surface area contributed by atoms with E-state index in [1.165, 1.54) is 60.1 Å². The summed E-state index contributed by atoms with van der Waals surface area (Å²) in [5, 5.41) is 8.53. The Kier molecular flexibility index (Phi) is 7.56. The molecular formula is C49H34N2. The highest BCUT2D eigenvalue weighted by Gasteiger charge is 2.18. The summed E-state index contributed by atoms with van der Waals surface area (Å²) in [6, 6.07) is 59.2. The molecule has 0 atom stereocenters. The Morgan fingerprint density at radius 2 is 1.08 bits per heavy atom. The Morgan fingerprint density at radius 1 is 0.471 bits per heavy atom. The van der Waals surface area contributed by atoms with Gasteiger partial charge in [0.15, 0.2) is 0 Å². The second kappa shape index (κ2) is 12.7. The van der Waals surface area contributed by atoms with Gasteiger partial charge in [0.2, 0.25) is 0 Å². The molecular weight excluding hydrogens is 617 g/mol. The van der Waals surface area contributed by atoms with Crippen molar-refractivity contribution in [2.24, 2.45) is 4.99 Å². The Bertz CT molecular complexity index is 2810. The van der Waals surface area contributed by atoms with Crippen molar-refractivity contribution in [2.75, 3.05) is 0 Å². The minimum absolute atomic E-state index is 0.810. The van der Waals surface area contributed by atoms with Gasteiger partial charge in [-0.3, -0.25) is 4.99 Å². The van der Waals surface area contributed by atoms with Crippen molar-refractivity contribution in [1.29, 1.82) is 0 Å². The first kappa shape index (κ1) is 30.4.